The van der Waals surface area contributed by atoms with Crippen LogP contribution < -0.4 is 18.5 Å². The third-order valence-electron chi connectivity index (χ3n) is 7.26. The van der Waals surface area contributed by atoms with E-state index in [9.17, 15) is 12.8 Å². The first-order valence-electron chi connectivity index (χ1n) is 13.7. The second-order valence-corrected chi connectivity index (χ2v) is 12.3. The van der Waals surface area contributed by atoms with Gasteiger partial charge in [0, 0.05) is 23.6 Å². The Hall–Kier alpha value is -4.23. The lowest BCUT2D eigenvalue weighted by Crippen LogP contribution is -2.32. The molecule has 0 bridgehead atoms. The van der Waals surface area contributed by atoms with Gasteiger partial charge in [-0.3, -0.25) is 0 Å². The van der Waals surface area contributed by atoms with Crippen molar-refractivity contribution < 1.29 is 31.4 Å². The van der Waals surface area contributed by atoms with Gasteiger partial charge in [0.15, 0.2) is 0 Å². The molecular formula is C30H30ClF2N5O5S. The summed E-state index contributed by atoms with van der Waals surface area (Å²) in [6.07, 6.45) is 4.72. The Balaban J connectivity index is 1.42. The third kappa shape index (κ3) is 6.63. The largest absolute Gasteiger partial charge is 0.497 e. The molecule has 3 aromatic carbocycles. The van der Waals surface area contributed by atoms with Crippen LogP contribution in [0.5, 0.6) is 17.2 Å². The molecule has 1 aliphatic carbocycles. The smallest absolute Gasteiger partial charge is 0.280 e. The van der Waals surface area contributed by atoms with Crippen LogP contribution in [0.2, 0.25) is 5.02 Å². The highest BCUT2D eigenvalue weighted by Crippen LogP contribution is 2.37. The van der Waals surface area contributed by atoms with Gasteiger partial charge < -0.3 is 14.2 Å². The number of anilines is 1. The number of nitrogens with zero attached hydrogens (tertiary/aromatic N) is 5. The summed E-state index contributed by atoms with van der Waals surface area (Å²) in [5, 5.41) is 11.6. The zero-order valence-electron chi connectivity index (χ0n) is 24.2. The van der Waals surface area contributed by atoms with Crippen molar-refractivity contribution in [1.29, 1.82) is 0 Å². The molecule has 10 nitrogen and oxygen atoms in total. The number of hydrogen-bond donors (Lipinski definition) is 0. The first kappa shape index (κ1) is 31.2. The van der Waals surface area contributed by atoms with Gasteiger partial charge in [0.1, 0.15) is 33.8 Å². The first-order chi connectivity index (χ1) is 21.1. The molecule has 1 heterocycles. The molecule has 1 aliphatic rings. The van der Waals surface area contributed by atoms with Gasteiger partial charge in [-0.25, -0.2) is 21.5 Å². The number of hydrogen-bond acceptors (Lipinski definition) is 8. The Morgan fingerprint density at radius 3 is 2.50 bits per heavy atom. The number of ether oxygens (including phenoxy) is 3. The highest BCUT2D eigenvalue weighted by atomic mass is 35.5. The average molecular weight is 646 g/mol. The van der Waals surface area contributed by atoms with Gasteiger partial charge >= 0.3 is 0 Å². The second-order valence-electron chi connectivity index (χ2n) is 10.1. The maximum atomic E-state index is 15.6. The van der Waals surface area contributed by atoms with Gasteiger partial charge in [-0.1, -0.05) is 34.9 Å². The van der Waals surface area contributed by atoms with Gasteiger partial charge in [-0.05, 0) is 65.9 Å². The quantitative estimate of drug-likeness (QED) is 0.201. The van der Waals surface area contributed by atoms with Gasteiger partial charge in [-0.15, -0.1) is 5.10 Å². The van der Waals surface area contributed by atoms with Crippen LogP contribution in [0.4, 0.5) is 14.7 Å². The highest BCUT2D eigenvalue weighted by Gasteiger charge is 2.33. The summed E-state index contributed by atoms with van der Waals surface area (Å²) in [5.41, 5.74) is 2.33. The third-order valence-corrected chi connectivity index (χ3v) is 9.30. The summed E-state index contributed by atoms with van der Waals surface area (Å²) < 4.78 is 74.4. The number of sulfonamides is 1. The SMILES string of the molecule is COc1ccc(CN(c2nnn(C)n2)S(=O)(=O)c2cc(Cl)c(OCC3CCCC=C3c3ccc(F)cc3)cc2F)c(OC)c1. The predicted molar refractivity (Wildman–Crippen MR) is 160 cm³/mol. The molecule has 232 valence electrons. The lowest BCUT2D eigenvalue weighted by molar-refractivity contribution is 0.267. The molecular weight excluding hydrogens is 616 g/mol. The van der Waals surface area contributed by atoms with Crippen LogP contribution in [-0.2, 0) is 23.6 Å². The van der Waals surface area contributed by atoms with Crippen LogP contribution in [0.15, 0.2) is 65.6 Å². The number of aromatic nitrogens is 4. The van der Waals surface area contributed by atoms with E-state index in [2.05, 4.69) is 21.5 Å². The summed E-state index contributed by atoms with van der Waals surface area (Å²) in [6, 6.07) is 13.0. The zero-order chi connectivity index (χ0) is 31.4. The van der Waals surface area contributed by atoms with E-state index in [1.54, 1.807) is 30.3 Å². The minimum atomic E-state index is -4.62. The molecule has 44 heavy (non-hydrogen) atoms. The molecule has 1 aromatic heterocycles. The van der Waals surface area contributed by atoms with E-state index in [4.69, 9.17) is 25.8 Å². The molecule has 5 rings (SSSR count). The number of rotatable bonds is 11. The van der Waals surface area contributed by atoms with Crippen molar-refractivity contribution in [2.45, 2.75) is 30.7 Å². The van der Waals surface area contributed by atoms with E-state index in [-0.39, 0.29) is 41.6 Å². The fourth-order valence-corrected chi connectivity index (χ4v) is 6.70. The molecule has 14 heteroatoms. The molecule has 4 aromatic rings. The van der Waals surface area contributed by atoms with Crippen molar-refractivity contribution in [3.8, 4) is 17.2 Å². The first-order valence-corrected chi connectivity index (χ1v) is 15.5. The van der Waals surface area contributed by atoms with Crippen LogP contribution in [-0.4, -0.2) is 49.5 Å². The van der Waals surface area contributed by atoms with Crippen LogP contribution in [0.25, 0.3) is 5.57 Å². The highest BCUT2D eigenvalue weighted by molar-refractivity contribution is 7.92. The molecule has 0 fully saturated rings. The number of tetrazole rings is 1. The summed E-state index contributed by atoms with van der Waals surface area (Å²) in [6.45, 7) is -0.141. The van der Waals surface area contributed by atoms with Crippen molar-refractivity contribution in [3.63, 3.8) is 0 Å². The molecule has 0 saturated heterocycles. The van der Waals surface area contributed by atoms with E-state index in [1.165, 1.54) is 33.4 Å². The van der Waals surface area contributed by atoms with E-state index < -0.39 is 20.7 Å². The Labute approximate surface area is 258 Å². The van der Waals surface area contributed by atoms with Gasteiger partial charge in [0.2, 0.25) is 0 Å². The number of allylic oxidation sites excluding steroid dienone is 1. The van der Waals surface area contributed by atoms with Gasteiger partial charge in [-0.2, -0.15) is 4.80 Å². The van der Waals surface area contributed by atoms with Crippen LogP contribution in [0.1, 0.15) is 30.4 Å². The fraction of sp³-hybridized carbons (Fsp3) is 0.300. The standard InChI is InChI=1S/C30H30ClF2N5O5S/c1-37-35-30(34-36-37)38(17-20-10-13-23(41-2)14-27(20)42-3)44(39,40)29-15-25(31)28(16-26(29)33)43-18-21-6-4-5-7-24(21)19-8-11-22(32)12-9-19/h7-16,21H,4-6,17-18H2,1-3H3. The summed E-state index contributed by atoms with van der Waals surface area (Å²) in [7, 11) is -0.223. The van der Waals surface area contributed by atoms with Crippen LogP contribution >= 0.6 is 11.6 Å². The van der Waals surface area contributed by atoms with Crippen molar-refractivity contribution in [1.82, 2.24) is 20.2 Å². The number of methoxy groups -OCH3 is 2. The number of halogens is 3. The maximum Gasteiger partial charge on any atom is 0.280 e. The Kier molecular flexibility index (Phi) is 9.35. The molecule has 1 atom stereocenters. The van der Waals surface area contributed by atoms with E-state index in [0.717, 1.165) is 51.6 Å². The van der Waals surface area contributed by atoms with Crippen LogP contribution in [0, 0.1) is 17.6 Å². The lowest BCUT2D eigenvalue weighted by atomic mass is 9.84. The Morgan fingerprint density at radius 1 is 1.05 bits per heavy atom. The minimum Gasteiger partial charge on any atom is -0.497 e. The van der Waals surface area contributed by atoms with E-state index in [0.29, 0.717) is 17.1 Å². The number of benzene rings is 3. The Bertz CT molecular complexity index is 1780. The van der Waals surface area contributed by atoms with Crippen molar-refractivity contribution in [3.05, 3.63) is 88.5 Å². The normalized spacial score (nSPS) is 15.0. The monoisotopic (exact) mass is 645 g/mol. The molecule has 0 spiro atoms. The van der Waals surface area contributed by atoms with Crippen molar-refractivity contribution in [2.75, 3.05) is 25.1 Å². The number of aryl methyl sites for hydroxylation is 1. The predicted octanol–water partition coefficient (Wildman–Crippen LogP) is 5.82. The summed E-state index contributed by atoms with van der Waals surface area (Å²) >= 11 is 6.48. The van der Waals surface area contributed by atoms with Crippen molar-refractivity contribution >= 4 is 33.1 Å². The molecule has 0 radical (unpaired) electrons. The van der Waals surface area contributed by atoms with Crippen molar-refractivity contribution in [2.24, 2.45) is 13.0 Å². The molecule has 0 saturated carbocycles. The molecule has 0 aliphatic heterocycles. The average Bonchev–Trinajstić information content (AvgIpc) is 3.45. The summed E-state index contributed by atoms with van der Waals surface area (Å²) in [4.78, 5) is 0.392. The van der Waals surface area contributed by atoms with E-state index in [1.807, 2.05) is 0 Å². The fourth-order valence-electron chi connectivity index (χ4n) is 5.02. The minimum absolute atomic E-state index is 0.00634. The van der Waals surface area contributed by atoms with E-state index >= 15 is 4.39 Å². The molecule has 0 amide bonds. The lowest BCUT2D eigenvalue weighted by Gasteiger charge is -2.25. The summed E-state index contributed by atoms with van der Waals surface area (Å²) in [5.74, 6) is -0.891. The zero-order valence-corrected chi connectivity index (χ0v) is 25.8. The molecule has 1 unspecified atom stereocenters. The van der Waals surface area contributed by atoms with Crippen LogP contribution in [0.3, 0.4) is 0 Å². The van der Waals surface area contributed by atoms with Gasteiger partial charge in [0.05, 0.1) is 39.4 Å². The van der Waals surface area contributed by atoms with Gasteiger partial charge in [0.25, 0.3) is 16.0 Å². The molecule has 0 N–H and O–H groups in total. The second kappa shape index (κ2) is 13.2. The Morgan fingerprint density at radius 2 is 1.82 bits per heavy atom. The topological polar surface area (TPSA) is 109 Å². The maximum absolute atomic E-state index is 15.6.